The van der Waals surface area contributed by atoms with Crippen LogP contribution in [0.4, 0.5) is 5.82 Å². The number of carbonyl (C=O) groups excluding carboxylic acids is 1. The first kappa shape index (κ1) is 23.7. The van der Waals surface area contributed by atoms with Crippen LogP contribution in [-0.2, 0) is 4.79 Å². The molecule has 0 unspecified atom stereocenters. The Morgan fingerprint density at radius 1 is 1.00 bits per heavy atom. The summed E-state index contributed by atoms with van der Waals surface area (Å²) >= 11 is 0. The van der Waals surface area contributed by atoms with Crippen LogP contribution in [0.1, 0.15) is 45.1 Å². The zero-order chi connectivity index (χ0) is 24.4. The van der Waals surface area contributed by atoms with Crippen molar-refractivity contribution in [2.75, 3.05) is 44.2 Å². The topological polar surface area (TPSA) is 70.4 Å². The number of benzene rings is 1. The first-order valence-corrected chi connectivity index (χ1v) is 13.1. The highest BCUT2D eigenvalue weighted by molar-refractivity contribution is 5.88. The third-order valence-electron chi connectivity index (χ3n) is 7.85. The Bertz CT molecular complexity index is 1140. The lowest BCUT2D eigenvalue weighted by molar-refractivity contribution is -0.137. The van der Waals surface area contributed by atoms with E-state index in [-0.39, 0.29) is 5.92 Å². The molecule has 2 fully saturated rings. The van der Waals surface area contributed by atoms with Gasteiger partial charge in [0.05, 0.1) is 11.9 Å². The second-order valence-corrected chi connectivity index (χ2v) is 9.92. The second kappa shape index (κ2) is 10.3. The number of anilines is 1. The Morgan fingerprint density at radius 2 is 1.69 bits per heavy atom. The number of likely N-dealkylation sites (tertiary alicyclic amines) is 1. The SMILES string of the molecule is CCN(CC)C1CCN(C(=O)C2CCN(c3nncc4cn(-c5ccc(C)cc5)nc34)CC2)CC1. The first-order valence-electron chi connectivity index (χ1n) is 13.1. The maximum absolute atomic E-state index is 13.3. The molecule has 2 aliphatic rings. The standard InChI is InChI=1S/C27H37N7O/c1-4-31(5-2)23-12-16-33(17-13-23)27(35)21-10-14-32(15-11-21)26-25-22(18-28-29-26)19-34(30-25)24-8-6-20(3)7-9-24/h6-9,18-19,21,23H,4-5,10-17H2,1-3H3. The Morgan fingerprint density at radius 3 is 2.34 bits per heavy atom. The summed E-state index contributed by atoms with van der Waals surface area (Å²) in [5, 5.41) is 14.5. The summed E-state index contributed by atoms with van der Waals surface area (Å²) in [5.41, 5.74) is 3.11. The van der Waals surface area contributed by atoms with Gasteiger partial charge in [0.1, 0.15) is 5.52 Å². The number of nitrogens with zero attached hydrogens (tertiary/aromatic N) is 7. The summed E-state index contributed by atoms with van der Waals surface area (Å²) in [6.45, 7) is 12.1. The van der Waals surface area contributed by atoms with Gasteiger partial charge in [0.15, 0.2) is 5.82 Å². The second-order valence-electron chi connectivity index (χ2n) is 9.92. The average Bonchev–Trinajstić information content (AvgIpc) is 3.34. The van der Waals surface area contributed by atoms with Crippen molar-refractivity contribution >= 4 is 22.6 Å². The molecule has 2 aromatic heterocycles. The fraction of sp³-hybridized carbons (Fsp3) is 0.556. The van der Waals surface area contributed by atoms with Crippen molar-refractivity contribution in [2.45, 2.75) is 52.5 Å². The maximum atomic E-state index is 13.3. The Hall–Kier alpha value is -3.00. The van der Waals surface area contributed by atoms with Crippen LogP contribution in [0.15, 0.2) is 36.7 Å². The molecule has 3 aromatic rings. The Labute approximate surface area is 207 Å². The lowest BCUT2D eigenvalue weighted by Gasteiger charge is -2.40. The van der Waals surface area contributed by atoms with Gasteiger partial charge >= 0.3 is 0 Å². The third-order valence-corrected chi connectivity index (χ3v) is 7.85. The molecule has 0 saturated carbocycles. The zero-order valence-corrected chi connectivity index (χ0v) is 21.2. The van der Waals surface area contributed by atoms with E-state index in [1.54, 1.807) is 6.20 Å². The minimum absolute atomic E-state index is 0.105. The minimum Gasteiger partial charge on any atom is -0.353 e. The number of amides is 1. The van der Waals surface area contributed by atoms with Crippen LogP contribution < -0.4 is 4.90 Å². The van der Waals surface area contributed by atoms with E-state index in [4.69, 9.17) is 5.10 Å². The summed E-state index contributed by atoms with van der Waals surface area (Å²) in [6.07, 6.45) is 7.67. The molecule has 35 heavy (non-hydrogen) atoms. The van der Waals surface area contributed by atoms with E-state index in [1.165, 1.54) is 5.56 Å². The van der Waals surface area contributed by atoms with Gasteiger partial charge in [-0.2, -0.15) is 10.2 Å². The van der Waals surface area contributed by atoms with Gasteiger partial charge in [0.2, 0.25) is 5.91 Å². The van der Waals surface area contributed by atoms with E-state index in [9.17, 15) is 4.79 Å². The molecule has 1 aromatic carbocycles. The third kappa shape index (κ3) is 4.89. The molecular formula is C27H37N7O. The molecule has 186 valence electrons. The van der Waals surface area contributed by atoms with Crippen LogP contribution in [0.5, 0.6) is 0 Å². The van der Waals surface area contributed by atoms with Gasteiger partial charge in [-0.05, 0) is 57.8 Å². The average molecular weight is 476 g/mol. The monoisotopic (exact) mass is 475 g/mol. The van der Waals surface area contributed by atoms with Crippen molar-refractivity contribution < 1.29 is 4.79 Å². The van der Waals surface area contributed by atoms with Crippen molar-refractivity contribution in [3.63, 3.8) is 0 Å². The number of fused-ring (bicyclic) bond motifs is 1. The van der Waals surface area contributed by atoms with Crippen molar-refractivity contribution in [1.82, 2.24) is 29.8 Å². The highest BCUT2D eigenvalue weighted by Crippen LogP contribution is 2.29. The number of hydrogen-bond acceptors (Lipinski definition) is 6. The van der Waals surface area contributed by atoms with Crippen molar-refractivity contribution in [3.05, 3.63) is 42.2 Å². The molecule has 0 atom stereocenters. The number of hydrogen-bond donors (Lipinski definition) is 0. The number of piperidine rings is 2. The predicted molar refractivity (Wildman–Crippen MR) is 139 cm³/mol. The fourth-order valence-electron chi connectivity index (χ4n) is 5.68. The lowest BCUT2D eigenvalue weighted by atomic mass is 9.93. The lowest BCUT2D eigenvalue weighted by Crippen LogP contribution is -2.49. The summed E-state index contributed by atoms with van der Waals surface area (Å²) in [6, 6.07) is 8.95. The van der Waals surface area contributed by atoms with Crippen LogP contribution in [0, 0.1) is 12.8 Å². The molecule has 4 heterocycles. The van der Waals surface area contributed by atoms with E-state index in [2.05, 4.69) is 69.9 Å². The number of aryl methyl sites for hydroxylation is 1. The van der Waals surface area contributed by atoms with Gasteiger partial charge < -0.3 is 14.7 Å². The number of carbonyl (C=O) groups is 1. The first-order chi connectivity index (χ1) is 17.1. The molecular weight excluding hydrogens is 438 g/mol. The molecule has 1 amide bonds. The van der Waals surface area contributed by atoms with E-state index in [0.29, 0.717) is 11.9 Å². The molecule has 0 radical (unpaired) electrons. The largest absolute Gasteiger partial charge is 0.353 e. The molecule has 5 rings (SSSR count). The summed E-state index contributed by atoms with van der Waals surface area (Å²) in [7, 11) is 0. The molecule has 0 N–H and O–H groups in total. The molecule has 2 saturated heterocycles. The van der Waals surface area contributed by atoms with E-state index < -0.39 is 0 Å². The fourth-order valence-corrected chi connectivity index (χ4v) is 5.68. The van der Waals surface area contributed by atoms with Gasteiger partial charge in [-0.15, -0.1) is 5.10 Å². The van der Waals surface area contributed by atoms with Crippen LogP contribution >= 0.6 is 0 Å². The van der Waals surface area contributed by atoms with Gasteiger partial charge in [-0.3, -0.25) is 4.79 Å². The molecule has 0 spiro atoms. The normalized spacial score (nSPS) is 18.1. The molecule has 2 aliphatic heterocycles. The summed E-state index contributed by atoms with van der Waals surface area (Å²) < 4.78 is 1.90. The van der Waals surface area contributed by atoms with Crippen molar-refractivity contribution in [1.29, 1.82) is 0 Å². The molecule has 0 aliphatic carbocycles. The van der Waals surface area contributed by atoms with Gasteiger partial charge in [0.25, 0.3) is 0 Å². The highest BCUT2D eigenvalue weighted by atomic mass is 16.2. The van der Waals surface area contributed by atoms with Gasteiger partial charge in [0, 0.05) is 49.7 Å². The smallest absolute Gasteiger partial charge is 0.225 e. The van der Waals surface area contributed by atoms with Crippen molar-refractivity contribution in [2.24, 2.45) is 5.92 Å². The van der Waals surface area contributed by atoms with Crippen LogP contribution in [0.3, 0.4) is 0 Å². The highest BCUT2D eigenvalue weighted by Gasteiger charge is 2.32. The molecule has 0 bridgehead atoms. The van der Waals surface area contributed by atoms with E-state index in [1.807, 2.05) is 10.9 Å². The molecule has 8 nitrogen and oxygen atoms in total. The maximum Gasteiger partial charge on any atom is 0.225 e. The van der Waals surface area contributed by atoms with Crippen LogP contribution in [0.25, 0.3) is 16.6 Å². The van der Waals surface area contributed by atoms with Crippen LogP contribution in [-0.4, -0.2) is 81.0 Å². The Balaban J connectivity index is 1.22. The zero-order valence-electron chi connectivity index (χ0n) is 21.2. The predicted octanol–water partition coefficient (Wildman–Crippen LogP) is 3.67. The minimum atomic E-state index is 0.105. The van der Waals surface area contributed by atoms with Gasteiger partial charge in [-0.25, -0.2) is 4.68 Å². The quantitative estimate of drug-likeness (QED) is 0.542. The summed E-state index contributed by atoms with van der Waals surface area (Å²) in [5.74, 6) is 1.27. The van der Waals surface area contributed by atoms with Crippen LogP contribution in [0.2, 0.25) is 0 Å². The van der Waals surface area contributed by atoms with Gasteiger partial charge in [-0.1, -0.05) is 31.5 Å². The van der Waals surface area contributed by atoms with E-state index >= 15 is 0 Å². The summed E-state index contributed by atoms with van der Waals surface area (Å²) in [4.78, 5) is 20.2. The molecule has 8 heteroatoms. The number of rotatable bonds is 6. The van der Waals surface area contributed by atoms with E-state index in [0.717, 1.165) is 87.4 Å². The van der Waals surface area contributed by atoms with Crippen molar-refractivity contribution in [3.8, 4) is 5.69 Å². The number of aromatic nitrogens is 4. The Kier molecular flexibility index (Phi) is 7.00.